The molecular weight excluding hydrogens is 970 g/mol. The fraction of sp³-hybridized carbons (Fsp3) is 0.537. The van der Waals surface area contributed by atoms with E-state index in [0.717, 1.165) is 47.9 Å². The van der Waals surface area contributed by atoms with Crippen molar-refractivity contribution in [1.82, 2.24) is 35.7 Å². The van der Waals surface area contributed by atoms with Gasteiger partial charge in [-0.1, -0.05) is 84.3 Å². The predicted octanol–water partition coefficient (Wildman–Crippen LogP) is 5.66. The summed E-state index contributed by atoms with van der Waals surface area (Å²) in [6.45, 7) is 17.4. The Morgan fingerprint density at radius 1 is 0.973 bits per heavy atom. The van der Waals surface area contributed by atoms with E-state index in [9.17, 15) is 34.7 Å². The molecule has 3 saturated heterocycles. The number of thiazole rings is 1. The van der Waals surface area contributed by atoms with Crippen LogP contribution in [-0.2, 0) is 19.1 Å². The molecule has 8 rings (SSSR count). The minimum Gasteiger partial charge on any atom is -0.489 e. The number of aliphatic hydroxyl groups is 2. The first-order valence-corrected chi connectivity index (χ1v) is 26.3. The number of aromatic nitrogens is 2. The summed E-state index contributed by atoms with van der Waals surface area (Å²) in [6.07, 6.45) is 2.50. The molecule has 1 saturated carbocycles. The number of piperazine rings is 1. The van der Waals surface area contributed by atoms with Crippen molar-refractivity contribution in [3.8, 4) is 22.3 Å². The Kier molecular flexibility index (Phi) is 15.9. The van der Waals surface area contributed by atoms with Crippen LogP contribution >= 0.6 is 22.9 Å². The molecule has 73 heavy (non-hydrogen) atoms. The number of rotatable bonds is 17. The normalized spacial score (nSPS) is 24.0. The number of likely N-dealkylation sites (tertiary alicyclic amines) is 1. The summed E-state index contributed by atoms with van der Waals surface area (Å²) in [6, 6.07) is 15.9. The van der Waals surface area contributed by atoms with Gasteiger partial charge in [0, 0.05) is 73.8 Å². The molecule has 3 aliphatic heterocycles. The standard InChI is InChI=1S/C54H68ClN9O8S/c1-31-45(73-30-58-31)33-11-9-32(10-12-33)41(28-65)59-48(69)42-21-38(66)27-64(42)49(70)46(52(2,3)4)60-44(67)29-71-20-19-63-36-15-16-37(63)26-62(25-36)43-18-14-35(24-57-43)47(68)61-50-53(5,6)51(54(50,7)8)72-39-17-13-34(23-56)40(55)22-39/h9-14,17-18,22,24,30,36-38,41-42,46,50-51,65-66H,15-16,19-21,25-29H2,1-8H3,(H,59,69)(H,60,67)(H,61,68)/t36?,37?,38-,41+,42+,46-,50?,51?/m1/s1. The summed E-state index contributed by atoms with van der Waals surface area (Å²) < 4.78 is 12.3. The van der Waals surface area contributed by atoms with E-state index in [0.29, 0.717) is 40.6 Å². The Morgan fingerprint density at radius 2 is 1.67 bits per heavy atom. The van der Waals surface area contributed by atoms with Crippen molar-refractivity contribution in [2.75, 3.05) is 50.9 Å². The first kappa shape index (κ1) is 53.6. The molecule has 1 aliphatic carbocycles. The number of nitrogens with one attached hydrogen (secondary N) is 3. The highest BCUT2D eigenvalue weighted by Crippen LogP contribution is 2.55. The summed E-state index contributed by atoms with van der Waals surface area (Å²) >= 11 is 7.80. The van der Waals surface area contributed by atoms with Gasteiger partial charge in [0.2, 0.25) is 17.7 Å². The molecule has 2 aromatic carbocycles. The third-order valence-electron chi connectivity index (χ3n) is 15.2. The number of nitrogens with zero attached hydrogens (tertiary/aromatic N) is 6. The zero-order chi connectivity index (χ0) is 52.6. The van der Waals surface area contributed by atoms with Crippen LogP contribution in [0.25, 0.3) is 10.4 Å². The molecule has 2 unspecified atom stereocenters. The van der Waals surface area contributed by atoms with Crippen molar-refractivity contribution in [3.05, 3.63) is 93.7 Å². The van der Waals surface area contributed by atoms with Crippen molar-refractivity contribution in [2.24, 2.45) is 16.2 Å². The van der Waals surface area contributed by atoms with Gasteiger partial charge in [0.25, 0.3) is 5.91 Å². The third kappa shape index (κ3) is 11.4. The molecule has 4 aliphatic rings. The lowest BCUT2D eigenvalue weighted by Gasteiger charge is -2.63. The highest BCUT2D eigenvalue weighted by molar-refractivity contribution is 7.13. The summed E-state index contributed by atoms with van der Waals surface area (Å²) in [5, 5.41) is 39.6. The topological polar surface area (TPSA) is 223 Å². The Morgan fingerprint density at radius 3 is 2.26 bits per heavy atom. The Bertz CT molecular complexity index is 2670. The van der Waals surface area contributed by atoms with Crippen LogP contribution in [0.3, 0.4) is 0 Å². The maximum Gasteiger partial charge on any atom is 0.253 e. The van der Waals surface area contributed by atoms with Crippen LogP contribution in [0.2, 0.25) is 5.02 Å². The maximum absolute atomic E-state index is 14.2. The number of carbonyl (C=O) groups is 4. The van der Waals surface area contributed by atoms with Crippen molar-refractivity contribution in [2.45, 2.75) is 123 Å². The molecule has 390 valence electrons. The number of pyridine rings is 1. The number of fused-ring (bicyclic) bond motifs is 2. The van der Waals surface area contributed by atoms with E-state index in [1.54, 1.807) is 29.9 Å². The van der Waals surface area contributed by atoms with Crippen LogP contribution in [-0.4, -0.2) is 142 Å². The molecule has 19 heteroatoms. The summed E-state index contributed by atoms with van der Waals surface area (Å²) in [7, 11) is 0. The van der Waals surface area contributed by atoms with Gasteiger partial charge in [-0.05, 0) is 60.6 Å². The molecule has 0 spiro atoms. The average Bonchev–Trinajstić information content (AvgIpc) is 4.04. The number of nitriles is 1. The smallest absolute Gasteiger partial charge is 0.253 e. The molecule has 4 amide bonds. The minimum atomic E-state index is -1.01. The van der Waals surface area contributed by atoms with E-state index >= 15 is 0 Å². The second-order valence-electron chi connectivity index (χ2n) is 22.2. The number of anilines is 1. The van der Waals surface area contributed by atoms with E-state index in [1.165, 1.54) is 16.2 Å². The van der Waals surface area contributed by atoms with Gasteiger partial charge in [-0.3, -0.25) is 24.1 Å². The second-order valence-corrected chi connectivity index (χ2v) is 23.4. The largest absolute Gasteiger partial charge is 0.489 e. The van der Waals surface area contributed by atoms with Crippen molar-refractivity contribution < 1.29 is 38.9 Å². The van der Waals surface area contributed by atoms with Crippen molar-refractivity contribution >= 4 is 52.4 Å². The number of hydrogen-bond acceptors (Lipinski definition) is 14. The number of β-amino-alcohol motifs (C(OH)–C–C–N with tert-alkyl or cyclic N) is 1. The Labute approximate surface area is 436 Å². The highest BCUT2D eigenvalue weighted by atomic mass is 35.5. The second kappa shape index (κ2) is 21.7. The predicted molar refractivity (Wildman–Crippen MR) is 278 cm³/mol. The van der Waals surface area contributed by atoms with Crippen LogP contribution < -0.4 is 25.6 Å². The molecule has 6 atom stereocenters. The van der Waals surface area contributed by atoms with E-state index in [-0.39, 0.29) is 56.3 Å². The van der Waals surface area contributed by atoms with Gasteiger partial charge in [-0.25, -0.2) is 9.97 Å². The number of benzene rings is 2. The quantitative estimate of drug-likeness (QED) is 0.0807. The number of aryl methyl sites for hydroxylation is 1. The lowest BCUT2D eigenvalue weighted by molar-refractivity contribution is -0.164. The first-order chi connectivity index (χ1) is 34.6. The molecule has 5 heterocycles. The molecular formula is C54H68ClN9O8S. The molecule has 5 N–H and O–H groups in total. The van der Waals surface area contributed by atoms with Crippen LogP contribution in [0.1, 0.15) is 101 Å². The van der Waals surface area contributed by atoms with Gasteiger partial charge in [0.05, 0.1) is 57.6 Å². The monoisotopic (exact) mass is 1040 g/mol. The fourth-order valence-corrected chi connectivity index (χ4v) is 12.7. The van der Waals surface area contributed by atoms with E-state index in [1.807, 2.05) is 64.1 Å². The minimum absolute atomic E-state index is 0.0161. The lowest BCUT2D eigenvalue weighted by atomic mass is 9.49. The summed E-state index contributed by atoms with van der Waals surface area (Å²) in [5.74, 6) is -0.298. The van der Waals surface area contributed by atoms with Gasteiger partial charge < -0.3 is 45.4 Å². The van der Waals surface area contributed by atoms with E-state index in [2.05, 4.69) is 64.5 Å². The number of hydrogen-bond donors (Lipinski definition) is 5. The van der Waals surface area contributed by atoms with Crippen LogP contribution in [0.5, 0.6) is 5.75 Å². The Balaban J connectivity index is 0.792. The lowest BCUT2D eigenvalue weighted by Crippen LogP contribution is -2.74. The number of halogens is 1. The average molecular weight is 1040 g/mol. The van der Waals surface area contributed by atoms with Gasteiger partial charge in [-0.15, -0.1) is 11.3 Å². The fourth-order valence-electron chi connectivity index (χ4n) is 11.7. The van der Waals surface area contributed by atoms with Crippen LogP contribution in [0.4, 0.5) is 5.82 Å². The number of carbonyl (C=O) groups excluding carboxylic acids is 4. The van der Waals surface area contributed by atoms with Crippen molar-refractivity contribution in [3.63, 3.8) is 0 Å². The van der Waals surface area contributed by atoms with Gasteiger partial charge in [-0.2, -0.15) is 5.26 Å². The maximum atomic E-state index is 14.2. The molecule has 0 radical (unpaired) electrons. The van der Waals surface area contributed by atoms with E-state index in [4.69, 9.17) is 26.1 Å². The van der Waals surface area contributed by atoms with Crippen LogP contribution in [0.15, 0.2) is 66.3 Å². The van der Waals surface area contributed by atoms with Gasteiger partial charge in [0.1, 0.15) is 42.4 Å². The molecule has 2 bridgehead atoms. The van der Waals surface area contributed by atoms with Gasteiger partial charge in [0.15, 0.2) is 0 Å². The zero-order valence-corrected chi connectivity index (χ0v) is 44.4. The van der Waals surface area contributed by atoms with Gasteiger partial charge >= 0.3 is 0 Å². The zero-order valence-electron chi connectivity index (χ0n) is 42.9. The SMILES string of the molecule is Cc1ncsc1-c1ccc([C@H](CO)NC(=O)[C@@H]2C[C@@H](O)CN2C(=O)[C@@H](NC(=O)COCCN2C3CCC2CN(c2ccc(C(=O)NC4C(C)(C)C(Oc5ccc(C#N)c(Cl)c5)C4(C)C)cn2)C3)C(C)(C)C)cc1. The summed E-state index contributed by atoms with van der Waals surface area (Å²) in [5.41, 5.74) is 3.65. The molecule has 2 aromatic heterocycles. The molecule has 17 nitrogen and oxygen atoms in total. The number of amides is 4. The first-order valence-electron chi connectivity index (χ1n) is 25.0. The molecule has 4 aromatic rings. The third-order valence-corrected chi connectivity index (χ3v) is 16.5. The summed E-state index contributed by atoms with van der Waals surface area (Å²) in [4.78, 5) is 71.1. The number of ether oxygens (including phenoxy) is 2. The number of aliphatic hydroxyl groups excluding tert-OH is 2. The Hall–Kier alpha value is -5.68. The molecule has 4 fully saturated rings. The van der Waals surface area contributed by atoms with Crippen molar-refractivity contribution in [1.29, 1.82) is 5.26 Å². The highest BCUT2D eigenvalue weighted by Gasteiger charge is 2.64. The van der Waals surface area contributed by atoms with E-state index < -0.39 is 58.2 Å². The van der Waals surface area contributed by atoms with Crippen LogP contribution in [0, 0.1) is 34.5 Å².